The van der Waals surface area contributed by atoms with Gasteiger partial charge in [-0.25, -0.2) is 4.39 Å². The Hall–Kier alpha value is -3.52. The second-order valence-corrected chi connectivity index (χ2v) is 7.77. The fraction of sp³-hybridized carbons (Fsp3) is 0.182. The van der Waals surface area contributed by atoms with Gasteiger partial charge >= 0.3 is 5.56 Å². The maximum absolute atomic E-state index is 13.5. The van der Waals surface area contributed by atoms with Crippen molar-refractivity contribution >= 4 is 28.8 Å². The standard InChI is InChI=1S/C22H19ClFN5O2/c1-14(12-20(30)25-17-7-5-15(23)6-8-17)11-19-26-27-21-22(31)28(9-10-29(19)21)18-4-2-3-16(24)13-18/h2-10,13-14H,11-12H2,1H3,(H,25,30)/t14-/m0/s1. The third-order valence-corrected chi connectivity index (χ3v) is 5.07. The van der Waals surface area contributed by atoms with E-state index in [1.807, 2.05) is 6.92 Å². The Morgan fingerprint density at radius 3 is 2.68 bits per heavy atom. The molecule has 0 saturated carbocycles. The minimum Gasteiger partial charge on any atom is -0.326 e. The molecule has 9 heteroatoms. The zero-order valence-corrected chi connectivity index (χ0v) is 17.4. The van der Waals surface area contributed by atoms with Crippen LogP contribution >= 0.6 is 11.6 Å². The van der Waals surface area contributed by atoms with E-state index in [2.05, 4.69) is 15.5 Å². The number of aromatic nitrogens is 4. The Bertz CT molecular complexity index is 1300. The zero-order valence-electron chi connectivity index (χ0n) is 16.6. The molecule has 1 amide bonds. The lowest BCUT2D eigenvalue weighted by atomic mass is 10.0. The topological polar surface area (TPSA) is 81.3 Å². The van der Waals surface area contributed by atoms with E-state index in [9.17, 15) is 14.0 Å². The summed E-state index contributed by atoms with van der Waals surface area (Å²) in [5, 5.41) is 11.6. The Labute approximate surface area is 182 Å². The number of nitrogens with one attached hydrogen (secondary N) is 1. The molecule has 1 N–H and O–H groups in total. The number of halogens is 2. The summed E-state index contributed by atoms with van der Waals surface area (Å²) in [4.78, 5) is 25.1. The first kappa shape index (κ1) is 20.7. The van der Waals surface area contributed by atoms with Gasteiger partial charge in [0.05, 0.1) is 5.69 Å². The number of carbonyl (C=O) groups is 1. The lowest BCUT2D eigenvalue weighted by Gasteiger charge is -2.11. The van der Waals surface area contributed by atoms with Gasteiger partial charge in [0.15, 0.2) is 0 Å². The molecule has 2 aromatic heterocycles. The van der Waals surface area contributed by atoms with Gasteiger partial charge in [-0.2, -0.15) is 0 Å². The number of hydrogen-bond donors (Lipinski definition) is 1. The Morgan fingerprint density at radius 2 is 1.94 bits per heavy atom. The van der Waals surface area contributed by atoms with E-state index in [1.165, 1.54) is 22.8 Å². The summed E-state index contributed by atoms with van der Waals surface area (Å²) >= 11 is 5.85. The van der Waals surface area contributed by atoms with E-state index >= 15 is 0 Å². The van der Waals surface area contributed by atoms with Crippen molar-refractivity contribution in [3.63, 3.8) is 0 Å². The molecule has 7 nitrogen and oxygen atoms in total. The van der Waals surface area contributed by atoms with Gasteiger partial charge in [-0.05, 0) is 48.4 Å². The van der Waals surface area contributed by atoms with Gasteiger partial charge < -0.3 is 5.32 Å². The van der Waals surface area contributed by atoms with Crippen LogP contribution in [-0.2, 0) is 11.2 Å². The summed E-state index contributed by atoms with van der Waals surface area (Å²) < 4.78 is 16.4. The van der Waals surface area contributed by atoms with Crippen molar-refractivity contribution in [2.75, 3.05) is 5.32 Å². The Morgan fingerprint density at radius 1 is 1.16 bits per heavy atom. The molecule has 0 radical (unpaired) electrons. The highest BCUT2D eigenvalue weighted by atomic mass is 35.5. The van der Waals surface area contributed by atoms with Crippen LogP contribution in [0.15, 0.2) is 65.7 Å². The number of benzene rings is 2. The number of nitrogens with zero attached hydrogens (tertiary/aromatic N) is 4. The third-order valence-electron chi connectivity index (χ3n) is 4.82. The van der Waals surface area contributed by atoms with Crippen molar-refractivity contribution in [2.45, 2.75) is 19.8 Å². The van der Waals surface area contributed by atoms with Crippen LogP contribution in [-0.4, -0.2) is 25.1 Å². The number of fused-ring (bicyclic) bond motifs is 1. The Balaban J connectivity index is 1.48. The van der Waals surface area contributed by atoms with Crippen molar-refractivity contribution in [3.8, 4) is 5.69 Å². The van der Waals surface area contributed by atoms with Gasteiger partial charge in [0.2, 0.25) is 11.6 Å². The van der Waals surface area contributed by atoms with Gasteiger partial charge in [0.25, 0.3) is 0 Å². The molecule has 0 fully saturated rings. The lowest BCUT2D eigenvalue weighted by molar-refractivity contribution is -0.116. The molecule has 0 aliphatic heterocycles. The van der Waals surface area contributed by atoms with E-state index in [1.54, 1.807) is 47.1 Å². The van der Waals surface area contributed by atoms with Crippen LogP contribution < -0.4 is 10.9 Å². The molecule has 0 aliphatic carbocycles. The number of anilines is 1. The van der Waals surface area contributed by atoms with Crippen LogP contribution in [0.5, 0.6) is 0 Å². The number of carbonyl (C=O) groups excluding carboxylic acids is 1. The van der Waals surface area contributed by atoms with Crippen LogP contribution in [0, 0.1) is 11.7 Å². The average molecular weight is 440 g/mol. The predicted molar refractivity (Wildman–Crippen MR) is 116 cm³/mol. The molecule has 158 valence electrons. The lowest BCUT2D eigenvalue weighted by Crippen LogP contribution is -2.21. The molecule has 4 rings (SSSR count). The summed E-state index contributed by atoms with van der Waals surface area (Å²) in [6.45, 7) is 1.93. The maximum atomic E-state index is 13.5. The minimum atomic E-state index is -0.433. The van der Waals surface area contributed by atoms with Gasteiger partial charge in [-0.1, -0.05) is 24.6 Å². The fourth-order valence-corrected chi connectivity index (χ4v) is 3.47. The van der Waals surface area contributed by atoms with Crippen molar-refractivity contribution in [2.24, 2.45) is 5.92 Å². The molecule has 1 atom stereocenters. The fourth-order valence-electron chi connectivity index (χ4n) is 3.35. The first-order valence-electron chi connectivity index (χ1n) is 9.67. The molecule has 31 heavy (non-hydrogen) atoms. The number of amides is 1. The van der Waals surface area contributed by atoms with E-state index in [-0.39, 0.29) is 23.9 Å². The van der Waals surface area contributed by atoms with E-state index in [0.717, 1.165) is 0 Å². The molecular weight excluding hydrogens is 421 g/mol. The van der Waals surface area contributed by atoms with Crippen molar-refractivity contribution < 1.29 is 9.18 Å². The molecular formula is C22H19ClFN5O2. The van der Waals surface area contributed by atoms with Crippen LogP contribution in [0.2, 0.25) is 5.02 Å². The van der Waals surface area contributed by atoms with Crippen LogP contribution in [0.4, 0.5) is 10.1 Å². The summed E-state index contributed by atoms with van der Waals surface area (Å²) in [5.74, 6) is -0.0233. The molecule has 4 aromatic rings. The highest BCUT2D eigenvalue weighted by Gasteiger charge is 2.16. The Kier molecular flexibility index (Phi) is 5.81. The van der Waals surface area contributed by atoms with Crippen molar-refractivity contribution in [1.82, 2.24) is 19.2 Å². The van der Waals surface area contributed by atoms with Gasteiger partial charge in [-0.3, -0.25) is 18.6 Å². The quantitative estimate of drug-likeness (QED) is 0.494. The predicted octanol–water partition coefficient (Wildman–Crippen LogP) is 3.88. The zero-order chi connectivity index (χ0) is 22.0. The first-order chi connectivity index (χ1) is 14.9. The molecule has 0 bridgehead atoms. The van der Waals surface area contributed by atoms with Gasteiger partial charge in [0.1, 0.15) is 11.6 Å². The average Bonchev–Trinajstić information content (AvgIpc) is 3.13. The summed E-state index contributed by atoms with van der Waals surface area (Å²) in [5.41, 5.74) is 0.816. The summed E-state index contributed by atoms with van der Waals surface area (Å²) in [6, 6.07) is 12.6. The monoisotopic (exact) mass is 439 g/mol. The molecule has 2 aromatic carbocycles. The highest BCUT2D eigenvalue weighted by Crippen LogP contribution is 2.16. The number of hydrogen-bond acceptors (Lipinski definition) is 4. The van der Waals surface area contributed by atoms with Crippen LogP contribution in [0.3, 0.4) is 0 Å². The minimum absolute atomic E-state index is 0.0367. The molecule has 0 aliphatic rings. The smallest absolute Gasteiger partial charge is 0.300 e. The van der Waals surface area contributed by atoms with E-state index in [0.29, 0.717) is 28.6 Å². The molecule has 2 heterocycles. The third kappa shape index (κ3) is 4.64. The summed E-state index contributed by atoms with van der Waals surface area (Å²) in [6.07, 6.45) is 3.95. The molecule has 0 spiro atoms. The highest BCUT2D eigenvalue weighted by molar-refractivity contribution is 6.30. The van der Waals surface area contributed by atoms with Gasteiger partial charge in [-0.15, -0.1) is 10.2 Å². The second kappa shape index (κ2) is 8.69. The second-order valence-electron chi connectivity index (χ2n) is 7.33. The van der Waals surface area contributed by atoms with E-state index < -0.39 is 11.4 Å². The van der Waals surface area contributed by atoms with Crippen LogP contribution in [0.25, 0.3) is 11.3 Å². The molecule has 0 unspecified atom stereocenters. The SMILES string of the molecule is C[C@H](CC(=O)Nc1ccc(Cl)cc1)Cc1nnc2c(=O)n(-c3cccc(F)c3)ccn12. The first-order valence-corrected chi connectivity index (χ1v) is 10.0. The van der Waals surface area contributed by atoms with Crippen LogP contribution in [0.1, 0.15) is 19.2 Å². The molecule has 0 saturated heterocycles. The largest absolute Gasteiger partial charge is 0.326 e. The number of rotatable bonds is 6. The normalized spacial score (nSPS) is 12.1. The van der Waals surface area contributed by atoms with E-state index in [4.69, 9.17) is 11.6 Å². The van der Waals surface area contributed by atoms with Gasteiger partial charge in [0, 0.05) is 35.9 Å². The van der Waals surface area contributed by atoms with Crippen molar-refractivity contribution in [3.05, 3.63) is 87.9 Å². The van der Waals surface area contributed by atoms with Crippen molar-refractivity contribution in [1.29, 1.82) is 0 Å². The summed E-state index contributed by atoms with van der Waals surface area (Å²) in [7, 11) is 0. The maximum Gasteiger partial charge on any atom is 0.300 e.